The van der Waals surface area contributed by atoms with Crippen molar-refractivity contribution in [3.63, 3.8) is 0 Å². The Hall–Kier alpha value is -1.49. The van der Waals surface area contributed by atoms with Crippen molar-refractivity contribution in [2.24, 2.45) is 0 Å². The van der Waals surface area contributed by atoms with E-state index < -0.39 is 11.9 Å². The number of thioether (sulfide) groups is 1. The number of carboxylic acid groups (broad SMARTS) is 1. The van der Waals surface area contributed by atoms with Gasteiger partial charge in [-0.25, -0.2) is 0 Å². The number of carboxylic acids is 1. The highest BCUT2D eigenvalue weighted by Gasteiger charge is 2.35. The van der Waals surface area contributed by atoms with E-state index in [4.69, 9.17) is 0 Å². The van der Waals surface area contributed by atoms with E-state index in [0.29, 0.717) is 6.42 Å². The van der Waals surface area contributed by atoms with Gasteiger partial charge in [0.2, 0.25) is 5.91 Å². The van der Waals surface area contributed by atoms with E-state index in [-0.39, 0.29) is 12.5 Å². The lowest BCUT2D eigenvalue weighted by Crippen LogP contribution is -2.31. The minimum absolute atomic E-state index is 0.000509. The quantitative estimate of drug-likeness (QED) is 0.904. The number of amides is 1. The zero-order valence-corrected chi connectivity index (χ0v) is 10.9. The summed E-state index contributed by atoms with van der Waals surface area (Å²) >= 11 is 1.61. The van der Waals surface area contributed by atoms with Crippen LogP contribution in [0.15, 0.2) is 24.3 Å². The van der Waals surface area contributed by atoms with Crippen LogP contribution in [0.25, 0.3) is 0 Å². The molecule has 96 valence electrons. The van der Waals surface area contributed by atoms with E-state index in [0.717, 1.165) is 17.0 Å². The Balaban J connectivity index is 2.25. The zero-order valence-electron chi connectivity index (χ0n) is 10.1. The second-order valence-corrected chi connectivity index (χ2v) is 5.18. The number of carbonyl (C=O) groups excluding carboxylic acids is 1. The molecule has 1 heterocycles. The molecule has 1 N–H and O–H groups in total. The number of benzene rings is 1. The second-order valence-electron chi connectivity index (χ2n) is 4.20. The SMILES string of the molecule is CSCCC(=O)N1C[C@@H](C(=O)O)c2ccccc21. The van der Waals surface area contributed by atoms with Crippen molar-refractivity contribution in [2.45, 2.75) is 12.3 Å². The van der Waals surface area contributed by atoms with Crippen LogP contribution >= 0.6 is 11.8 Å². The Morgan fingerprint density at radius 3 is 2.83 bits per heavy atom. The number of para-hydroxylation sites is 1. The van der Waals surface area contributed by atoms with Crippen LogP contribution in [0.5, 0.6) is 0 Å². The van der Waals surface area contributed by atoms with Crippen molar-refractivity contribution in [3.05, 3.63) is 29.8 Å². The van der Waals surface area contributed by atoms with Gasteiger partial charge in [-0.3, -0.25) is 9.59 Å². The predicted octanol–water partition coefficient (Wildman–Crippen LogP) is 1.95. The van der Waals surface area contributed by atoms with Crippen LogP contribution in [-0.2, 0) is 9.59 Å². The van der Waals surface area contributed by atoms with E-state index in [1.54, 1.807) is 22.7 Å². The Kier molecular flexibility index (Phi) is 3.91. The molecule has 5 heteroatoms. The van der Waals surface area contributed by atoms with Crippen LogP contribution in [0.1, 0.15) is 17.9 Å². The summed E-state index contributed by atoms with van der Waals surface area (Å²) in [7, 11) is 0. The maximum Gasteiger partial charge on any atom is 0.312 e. The first-order valence-corrected chi connectivity index (χ1v) is 7.15. The third-order valence-corrected chi connectivity index (χ3v) is 3.70. The summed E-state index contributed by atoms with van der Waals surface area (Å²) in [5.41, 5.74) is 1.48. The van der Waals surface area contributed by atoms with Crippen molar-refractivity contribution < 1.29 is 14.7 Å². The minimum Gasteiger partial charge on any atom is -0.481 e. The first-order valence-electron chi connectivity index (χ1n) is 5.76. The zero-order chi connectivity index (χ0) is 13.1. The van der Waals surface area contributed by atoms with Gasteiger partial charge in [0.05, 0.1) is 0 Å². The predicted molar refractivity (Wildman–Crippen MR) is 72.2 cm³/mol. The largest absolute Gasteiger partial charge is 0.481 e. The molecule has 1 aromatic rings. The molecular formula is C13H15NO3S. The average molecular weight is 265 g/mol. The Bertz CT molecular complexity index is 475. The molecular weight excluding hydrogens is 250 g/mol. The third kappa shape index (κ3) is 2.36. The van der Waals surface area contributed by atoms with Gasteiger partial charge in [0.15, 0.2) is 0 Å². The van der Waals surface area contributed by atoms with E-state index in [9.17, 15) is 14.7 Å². The first kappa shape index (κ1) is 13.0. The fraction of sp³-hybridized carbons (Fsp3) is 0.385. The van der Waals surface area contributed by atoms with Crippen molar-refractivity contribution in [1.29, 1.82) is 0 Å². The molecule has 0 saturated heterocycles. The summed E-state index contributed by atoms with van der Waals surface area (Å²) in [6.45, 7) is 0.252. The molecule has 0 fully saturated rings. The van der Waals surface area contributed by atoms with Crippen LogP contribution in [-0.4, -0.2) is 35.5 Å². The topological polar surface area (TPSA) is 57.6 Å². The van der Waals surface area contributed by atoms with Gasteiger partial charge in [0.25, 0.3) is 0 Å². The van der Waals surface area contributed by atoms with Gasteiger partial charge >= 0.3 is 5.97 Å². The molecule has 0 spiro atoms. The fourth-order valence-electron chi connectivity index (χ4n) is 2.18. The minimum atomic E-state index is -0.873. The van der Waals surface area contributed by atoms with Gasteiger partial charge in [-0.1, -0.05) is 18.2 Å². The summed E-state index contributed by atoms with van der Waals surface area (Å²) in [5.74, 6) is -0.711. The third-order valence-electron chi connectivity index (χ3n) is 3.09. The standard InChI is InChI=1S/C13H15NO3S/c1-18-7-6-12(15)14-8-10(13(16)17)9-4-2-3-5-11(9)14/h2-5,10H,6-8H2,1H3,(H,16,17)/t10-/m1/s1. The summed E-state index contributed by atoms with van der Waals surface area (Å²) in [4.78, 5) is 24.9. The highest BCUT2D eigenvalue weighted by atomic mass is 32.2. The molecule has 1 amide bonds. The lowest BCUT2D eigenvalue weighted by molar-refractivity contribution is -0.138. The van der Waals surface area contributed by atoms with Gasteiger partial charge in [0.1, 0.15) is 5.92 Å². The van der Waals surface area contributed by atoms with Gasteiger partial charge in [-0.2, -0.15) is 11.8 Å². The summed E-state index contributed by atoms with van der Waals surface area (Å²) in [6.07, 6.45) is 2.40. The maximum absolute atomic E-state index is 12.1. The van der Waals surface area contributed by atoms with Gasteiger partial charge in [0, 0.05) is 24.4 Å². The Labute approximate surface area is 110 Å². The number of hydrogen-bond donors (Lipinski definition) is 1. The Morgan fingerprint density at radius 1 is 1.44 bits per heavy atom. The van der Waals surface area contributed by atoms with Crippen molar-refractivity contribution >= 4 is 29.3 Å². The molecule has 0 unspecified atom stereocenters. The van der Waals surface area contributed by atoms with Crippen LogP contribution < -0.4 is 4.90 Å². The monoisotopic (exact) mass is 265 g/mol. The first-order chi connectivity index (χ1) is 8.65. The van der Waals surface area contributed by atoms with Crippen LogP contribution in [0, 0.1) is 0 Å². The number of anilines is 1. The lowest BCUT2D eigenvalue weighted by Gasteiger charge is -2.17. The molecule has 2 rings (SSSR count). The normalized spacial score (nSPS) is 17.6. The van der Waals surface area contributed by atoms with Crippen molar-refractivity contribution in [3.8, 4) is 0 Å². The molecule has 18 heavy (non-hydrogen) atoms. The molecule has 0 aliphatic carbocycles. The molecule has 0 bridgehead atoms. The number of nitrogens with zero attached hydrogens (tertiary/aromatic N) is 1. The van der Waals surface area contributed by atoms with E-state index in [1.165, 1.54) is 0 Å². The summed E-state index contributed by atoms with van der Waals surface area (Å²) < 4.78 is 0. The fourth-order valence-corrected chi connectivity index (χ4v) is 2.56. The molecule has 1 aliphatic heterocycles. The van der Waals surface area contributed by atoms with E-state index in [1.807, 2.05) is 24.5 Å². The number of aliphatic carboxylic acids is 1. The number of hydrogen-bond acceptors (Lipinski definition) is 3. The van der Waals surface area contributed by atoms with Crippen molar-refractivity contribution in [2.75, 3.05) is 23.5 Å². The molecule has 1 aliphatic rings. The average Bonchev–Trinajstić information content (AvgIpc) is 2.75. The maximum atomic E-state index is 12.1. The van der Waals surface area contributed by atoms with Crippen molar-refractivity contribution in [1.82, 2.24) is 0 Å². The molecule has 0 radical (unpaired) electrons. The van der Waals surface area contributed by atoms with Crippen LogP contribution in [0.2, 0.25) is 0 Å². The molecule has 1 aromatic carbocycles. The van der Waals surface area contributed by atoms with Gasteiger partial charge in [-0.05, 0) is 17.9 Å². The van der Waals surface area contributed by atoms with Crippen LogP contribution in [0.4, 0.5) is 5.69 Å². The highest BCUT2D eigenvalue weighted by molar-refractivity contribution is 7.98. The number of carbonyl (C=O) groups is 2. The number of rotatable bonds is 4. The molecule has 1 atom stereocenters. The summed E-state index contributed by atoms with van der Waals surface area (Å²) in [5, 5.41) is 9.19. The number of fused-ring (bicyclic) bond motifs is 1. The molecule has 4 nitrogen and oxygen atoms in total. The Morgan fingerprint density at radius 2 is 2.17 bits per heavy atom. The molecule has 0 aromatic heterocycles. The van der Waals surface area contributed by atoms with Gasteiger partial charge < -0.3 is 10.0 Å². The smallest absolute Gasteiger partial charge is 0.312 e. The molecule has 0 saturated carbocycles. The highest BCUT2D eigenvalue weighted by Crippen LogP contribution is 2.36. The van der Waals surface area contributed by atoms with E-state index >= 15 is 0 Å². The summed E-state index contributed by atoms with van der Waals surface area (Å²) in [6, 6.07) is 7.24. The lowest BCUT2D eigenvalue weighted by atomic mass is 10.0. The van der Waals surface area contributed by atoms with Crippen LogP contribution in [0.3, 0.4) is 0 Å². The van der Waals surface area contributed by atoms with Gasteiger partial charge in [-0.15, -0.1) is 0 Å². The van der Waals surface area contributed by atoms with E-state index in [2.05, 4.69) is 0 Å². The second kappa shape index (κ2) is 5.44.